The number of hydrogen-bond acceptors (Lipinski definition) is 2. The van der Waals surface area contributed by atoms with Crippen LogP contribution in [0.4, 0.5) is 0 Å². The van der Waals surface area contributed by atoms with Crippen LogP contribution in [0.5, 0.6) is 0 Å². The average molecular weight is 348 g/mol. The van der Waals surface area contributed by atoms with Crippen LogP contribution in [-0.2, 0) is 11.3 Å². The Hall–Kier alpha value is -2.13. The van der Waals surface area contributed by atoms with Crippen LogP contribution in [-0.4, -0.2) is 40.9 Å². The molecule has 0 spiro atoms. The molecule has 0 radical (unpaired) electrons. The molecule has 26 heavy (non-hydrogen) atoms. The Morgan fingerprint density at radius 2 is 1.54 bits per heavy atom. The summed E-state index contributed by atoms with van der Waals surface area (Å²) in [7, 11) is 0. The Balaban J connectivity index is 1.47. The second kappa shape index (κ2) is 7.63. The minimum Gasteiger partial charge on any atom is -0.334 e. The van der Waals surface area contributed by atoms with Crippen molar-refractivity contribution in [2.24, 2.45) is 0 Å². The molecule has 0 aromatic heterocycles. The van der Waals surface area contributed by atoms with Gasteiger partial charge in [0, 0.05) is 31.7 Å². The molecule has 3 heteroatoms. The van der Waals surface area contributed by atoms with Crippen LogP contribution in [0.3, 0.4) is 0 Å². The minimum absolute atomic E-state index is 0.0000247. The summed E-state index contributed by atoms with van der Waals surface area (Å²) in [6.45, 7) is 5.12. The highest BCUT2D eigenvalue weighted by molar-refractivity contribution is 5.84. The average Bonchev–Trinajstić information content (AvgIpc) is 2.95. The molecule has 2 bridgehead atoms. The standard InChI is InChI=1S/C23H28N2O/c1-2-22(19-11-7-4-8-12-19)23(26)25-20-13-14-21(25)17-24(16-20)15-18-9-5-3-6-10-18/h3-12,20-22H,2,13-17H2,1H3/t20-,21+,22-/m1/s1. The zero-order chi connectivity index (χ0) is 17.9. The van der Waals surface area contributed by atoms with E-state index in [1.54, 1.807) is 0 Å². The molecule has 2 heterocycles. The molecule has 0 N–H and O–H groups in total. The summed E-state index contributed by atoms with van der Waals surface area (Å²) < 4.78 is 0. The van der Waals surface area contributed by atoms with E-state index in [9.17, 15) is 4.79 Å². The fourth-order valence-electron chi connectivity index (χ4n) is 4.74. The lowest BCUT2D eigenvalue weighted by Crippen LogP contribution is -2.56. The second-order valence-corrected chi connectivity index (χ2v) is 7.68. The van der Waals surface area contributed by atoms with Crippen LogP contribution in [0.15, 0.2) is 60.7 Å². The predicted molar refractivity (Wildman–Crippen MR) is 105 cm³/mol. The van der Waals surface area contributed by atoms with Crippen LogP contribution < -0.4 is 0 Å². The molecule has 0 saturated carbocycles. The van der Waals surface area contributed by atoms with Gasteiger partial charge in [0.15, 0.2) is 0 Å². The molecule has 4 rings (SSSR count). The Labute approximate surface area is 156 Å². The van der Waals surface area contributed by atoms with Gasteiger partial charge in [0.1, 0.15) is 0 Å². The number of carbonyl (C=O) groups is 1. The lowest BCUT2D eigenvalue weighted by molar-refractivity contribution is -0.138. The number of benzene rings is 2. The van der Waals surface area contributed by atoms with Crippen LogP contribution in [0.25, 0.3) is 0 Å². The van der Waals surface area contributed by atoms with Crippen molar-refractivity contribution in [3.8, 4) is 0 Å². The number of likely N-dealkylation sites (tertiary alicyclic amines) is 1. The first-order valence-corrected chi connectivity index (χ1v) is 9.89. The van der Waals surface area contributed by atoms with Gasteiger partial charge in [0.05, 0.1) is 5.92 Å². The zero-order valence-electron chi connectivity index (χ0n) is 15.6. The number of nitrogens with zero attached hydrogens (tertiary/aromatic N) is 2. The zero-order valence-corrected chi connectivity index (χ0v) is 15.6. The molecule has 2 aliphatic rings. The van der Waals surface area contributed by atoms with Crippen molar-refractivity contribution in [1.82, 2.24) is 9.80 Å². The van der Waals surface area contributed by atoms with Gasteiger partial charge in [-0.2, -0.15) is 0 Å². The van der Waals surface area contributed by atoms with Crippen molar-refractivity contribution in [1.29, 1.82) is 0 Å². The van der Waals surface area contributed by atoms with Gasteiger partial charge in [-0.15, -0.1) is 0 Å². The summed E-state index contributed by atoms with van der Waals surface area (Å²) in [6.07, 6.45) is 3.16. The topological polar surface area (TPSA) is 23.6 Å². The van der Waals surface area contributed by atoms with Gasteiger partial charge >= 0.3 is 0 Å². The van der Waals surface area contributed by atoms with E-state index in [-0.39, 0.29) is 5.92 Å². The van der Waals surface area contributed by atoms with Crippen molar-refractivity contribution in [2.75, 3.05) is 13.1 Å². The Morgan fingerprint density at radius 1 is 0.962 bits per heavy atom. The summed E-state index contributed by atoms with van der Waals surface area (Å²) in [5, 5.41) is 0. The maximum Gasteiger partial charge on any atom is 0.230 e. The first-order valence-electron chi connectivity index (χ1n) is 9.89. The number of piperazine rings is 1. The smallest absolute Gasteiger partial charge is 0.230 e. The van der Waals surface area contributed by atoms with Crippen molar-refractivity contribution >= 4 is 5.91 Å². The third-order valence-electron chi connectivity index (χ3n) is 5.97. The van der Waals surface area contributed by atoms with E-state index < -0.39 is 0 Å². The van der Waals surface area contributed by atoms with Gasteiger partial charge in [0.2, 0.25) is 5.91 Å². The normalized spacial score (nSPS) is 23.8. The lowest BCUT2D eigenvalue weighted by Gasteiger charge is -2.42. The SMILES string of the molecule is CC[C@@H](C(=O)N1[C@@H]2CC[C@H]1CN(Cc1ccccc1)C2)c1ccccc1. The highest BCUT2D eigenvalue weighted by Crippen LogP contribution is 2.34. The number of hydrogen-bond donors (Lipinski definition) is 0. The van der Waals surface area contributed by atoms with Gasteiger partial charge in [-0.1, -0.05) is 67.6 Å². The van der Waals surface area contributed by atoms with Crippen molar-refractivity contribution in [3.63, 3.8) is 0 Å². The summed E-state index contributed by atoms with van der Waals surface area (Å²) in [5.74, 6) is 0.338. The second-order valence-electron chi connectivity index (χ2n) is 7.68. The van der Waals surface area contributed by atoms with Gasteiger partial charge < -0.3 is 4.90 Å². The van der Waals surface area contributed by atoms with Crippen molar-refractivity contribution in [2.45, 2.75) is 50.7 Å². The van der Waals surface area contributed by atoms with E-state index in [1.165, 1.54) is 5.56 Å². The first-order chi connectivity index (χ1) is 12.8. The largest absolute Gasteiger partial charge is 0.334 e. The quantitative estimate of drug-likeness (QED) is 0.814. The minimum atomic E-state index is -0.0000247. The molecule has 2 fully saturated rings. The molecule has 136 valence electrons. The van der Waals surface area contributed by atoms with Crippen LogP contribution in [0, 0.1) is 0 Å². The van der Waals surface area contributed by atoms with Gasteiger partial charge in [-0.05, 0) is 30.4 Å². The molecule has 2 aliphatic heterocycles. The summed E-state index contributed by atoms with van der Waals surface area (Å²) in [4.78, 5) is 18.1. The number of carbonyl (C=O) groups excluding carboxylic acids is 1. The predicted octanol–water partition coefficient (Wildman–Crippen LogP) is 4.06. The van der Waals surface area contributed by atoms with Crippen LogP contribution >= 0.6 is 0 Å². The summed E-state index contributed by atoms with van der Waals surface area (Å²) >= 11 is 0. The van der Waals surface area contributed by atoms with E-state index in [2.05, 4.69) is 59.2 Å². The molecule has 2 saturated heterocycles. The summed E-state index contributed by atoms with van der Waals surface area (Å²) in [5.41, 5.74) is 2.52. The maximum atomic E-state index is 13.4. The Morgan fingerprint density at radius 3 is 2.12 bits per heavy atom. The first kappa shape index (κ1) is 17.3. The van der Waals surface area contributed by atoms with E-state index in [1.807, 2.05) is 18.2 Å². The van der Waals surface area contributed by atoms with E-state index in [0.717, 1.165) is 44.5 Å². The highest BCUT2D eigenvalue weighted by atomic mass is 16.2. The molecule has 2 aromatic rings. The number of fused-ring (bicyclic) bond motifs is 2. The van der Waals surface area contributed by atoms with Gasteiger partial charge in [-0.25, -0.2) is 0 Å². The van der Waals surface area contributed by atoms with Crippen LogP contribution in [0.2, 0.25) is 0 Å². The number of amides is 1. The number of rotatable bonds is 5. The monoisotopic (exact) mass is 348 g/mol. The van der Waals surface area contributed by atoms with Crippen molar-refractivity contribution < 1.29 is 4.79 Å². The summed E-state index contributed by atoms with van der Waals surface area (Å²) in [6, 6.07) is 21.7. The highest BCUT2D eigenvalue weighted by Gasteiger charge is 2.44. The molecule has 0 aliphatic carbocycles. The molecule has 2 aromatic carbocycles. The molecular formula is C23H28N2O. The van der Waals surface area contributed by atoms with Gasteiger partial charge in [-0.3, -0.25) is 9.69 Å². The van der Waals surface area contributed by atoms with E-state index in [4.69, 9.17) is 0 Å². The Bertz CT molecular complexity index is 716. The third-order valence-corrected chi connectivity index (χ3v) is 5.97. The molecule has 0 unspecified atom stereocenters. The lowest BCUT2D eigenvalue weighted by atomic mass is 9.94. The Kier molecular flexibility index (Phi) is 5.07. The van der Waals surface area contributed by atoms with Crippen molar-refractivity contribution in [3.05, 3.63) is 71.8 Å². The van der Waals surface area contributed by atoms with Gasteiger partial charge in [0.25, 0.3) is 0 Å². The molecule has 1 amide bonds. The molecule has 3 atom stereocenters. The fourth-order valence-corrected chi connectivity index (χ4v) is 4.74. The third kappa shape index (κ3) is 3.41. The molecular weight excluding hydrogens is 320 g/mol. The van der Waals surface area contributed by atoms with Crippen LogP contribution in [0.1, 0.15) is 43.2 Å². The van der Waals surface area contributed by atoms with E-state index in [0.29, 0.717) is 18.0 Å². The fraction of sp³-hybridized carbons (Fsp3) is 0.435. The molecule has 3 nitrogen and oxygen atoms in total. The maximum absolute atomic E-state index is 13.4. The van der Waals surface area contributed by atoms with E-state index >= 15 is 0 Å².